The fourth-order valence-corrected chi connectivity index (χ4v) is 2.30. The number of nitrogens with zero attached hydrogens (tertiary/aromatic N) is 1. The van der Waals surface area contributed by atoms with E-state index in [1.54, 1.807) is 6.07 Å². The molecule has 1 fully saturated rings. The Kier molecular flexibility index (Phi) is 4.16. The lowest BCUT2D eigenvalue weighted by Crippen LogP contribution is -2.37. The zero-order chi connectivity index (χ0) is 14.7. The summed E-state index contributed by atoms with van der Waals surface area (Å²) in [5.41, 5.74) is 6.34. The van der Waals surface area contributed by atoms with Crippen molar-refractivity contribution in [3.05, 3.63) is 17.9 Å². The zero-order valence-electron chi connectivity index (χ0n) is 11.5. The van der Waals surface area contributed by atoms with Gasteiger partial charge in [0.05, 0.1) is 31.6 Å². The smallest absolute Gasteiger partial charge is 0.407 e. The average Bonchev–Trinajstić information content (AvgIpc) is 2.87. The van der Waals surface area contributed by atoms with E-state index in [2.05, 4.69) is 10.1 Å². The van der Waals surface area contributed by atoms with Crippen LogP contribution in [0.15, 0.2) is 12.1 Å². The van der Waals surface area contributed by atoms with Gasteiger partial charge in [-0.2, -0.15) is 0 Å². The van der Waals surface area contributed by atoms with Crippen molar-refractivity contribution >= 4 is 17.5 Å². The summed E-state index contributed by atoms with van der Waals surface area (Å²) in [5, 5.41) is 2.71. The molecule has 1 aliphatic rings. The molecule has 1 atom stereocenters. The van der Waals surface area contributed by atoms with Crippen LogP contribution in [-0.2, 0) is 4.74 Å². The van der Waals surface area contributed by atoms with Crippen molar-refractivity contribution in [3.63, 3.8) is 0 Å². The van der Waals surface area contributed by atoms with Crippen LogP contribution in [0.1, 0.15) is 6.42 Å². The van der Waals surface area contributed by atoms with E-state index in [4.69, 9.17) is 10.5 Å². The van der Waals surface area contributed by atoms with Gasteiger partial charge in [-0.1, -0.05) is 0 Å². The minimum absolute atomic E-state index is 0.0644. The molecule has 1 amide bonds. The number of amides is 1. The summed E-state index contributed by atoms with van der Waals surface area (Å²) in [6.07, 6.45) is 0.244. The van der Waals surface area contributed by atoms with Crippen LogP contribution in [0.4, 0.5) is 20.6 Å². The second kappa shape index (κ2) is 5.85. The van der Waals surface area contributed by atoms with Crippen LogP contribution in [0, 0.1) is 5.82 Å². The summed E-state index contributed by atoms with van der Waals surface area (Å²) in [6.45, 7) is 1.15. The fraction of sp³-hybridized carbons (Fsp3) is 0.462. The molecule has 110 valence electrons. The Morgan fingerprint density at radius 1 is 1.50 bits per heavy atom. The van der Waals surface area contributed by atoms with Crippen molar-refractivity contribution < 1.29 is 18.7 Å². The predicted molar refractivity (Wildman–Crippen MR) is 73.5 cm³/mol. The van der Waals surface area contributed by atoms with Crippen LogP contribution < -0.4 is 20.7 Å². The number of anilines is 2. The summed E-state index contributed by atoms with van der Waals surface area (Å²) in [6, 6.07) is 2.76. The zero-order valence-corrected chi connectivity index (χ0v) is 11.5. The van der Waals surface area contributed by atoms with E-state index in [0.29, 0.717) is 24.5 Å². The number of methoxy groups -OCH3 is 2. The Balaban J connectivity index is 2.11. The van der Waals surface area contributed by atoms with Crippen LogP contribution >= 0.6 is 0 Å². The van der Waals surface area contributed by atoms with Gasteiger partial charge in [-0.3, -0.25) is 0 Å². The maximum atomic E-state index is 14.0. The molecule has 1 aromatic carbocycles. The number of rotatable bonds is 3. The highest BCUT2D eigenvalue weighted by Gasteiger charge is 2.26. The van der Waals surface area contributed by atoms with Crippen LogP contribution in [0.3, 0.4) is 0 Å². The monoisotopic (exact) mass is 283 g/mol. The molecule has 1 heterocycles. The first kappa shape index (κ1) is 14.2. The Bertz CT molecular complexity index is 510. The quantitative estimate of drug-likeness (QED) is 0.819. The molecule has 0 bridgehead atoms. The van der Waals surface area contributed by atoms with Crippen LogP contribution in [-0.4, -0.2) is 39.4 Å². The molecule has 0 spiro atoms. The molecule has 1 saturated heterocycles. The first-order valence-electron chi connectivity index (χ1n) is 6.27. The number of hydrogen-bond donors (Lipinski definition) is 2. The van der Waals surface area contributed by atoms with E-state index in [9.17, 15) is 9.18 Å². The lowest BCUT2D eigenvalue weighted by molar-refractivity contribution is 0.167. The topological polar surface area (TPSA) is 76.8 Å². The number of nitrogens with one attached hydrogen (secondary N) is 1. The lowest BCUT2D eigenvalue weighted by atomic mass is 10.2. The van der Waals surface area contributed by atoms with Gasteiger partial charge in [0.1, 0.15) is 11.6 Å². The van der Waals surface area contributed by atoms with Gasteiger partial charge in [-0.05, 0) is 6.42 Å². The largest absolute Gasteiger partial charge is 0.495 e. The third-order valence-corrected chi connectivity index (χ3v) is 3.34. The molecule has 0 radical (unpaired) electrons. The minimum Gasteiger partial charge on any atom is -0.495 e. The molecular formula is C13H18FN3O3. The Hall–Kier alpha value is -2.18. The number of nitrogen functional groups attached to an aromatic ring is 1. The molecule has 20 heavy (non-hydrogen) atoms. The number of carbonyl (C=O) groups excluding carboxylic acids is 1. The SMILES string of the molecule is COC(=O)NC1CCN(c2cc(OC)c(N)cc2F)C1. The van der Waals surface area contributed by atoms with Gasteiger partial charge in [0, 0.05) is 25.2 Å². The highest BCUT2D eigenvalue weighted by atomic mass is 19.1. The molecular weight excluding hydrogens is 265 g/mol. The molecule has 1 unspecified atom stereocenters. The van der Waals surface area contributed by atoms with E-state index in [-0.39, 0.29) is 11.7 Å². The molecule has 1 aliphatic heterocycles. The highest BCUT2D eigenvalue weighted by molar-refractivity contribution is 5.68. The van der Waals surface area contributed by atoms with E-state index in [1.165, 1.54) is 20.3 Å². The number of benzene rings is 1. The van der Waals surface area contributed by atoms with Gasteiger partial charge >= 0.3 is 6.09 Å². The van der Waals surface area contributed by atoms with Gasteiger partial charge in [0.25, 0.3) is 0 Å². The van der Waals surface area contributed by atoms with Gasteiger partial charge in [0.2, 0.25) is 0 Å². The highest BCUT2D eigenvalue weighted by Crippen LogP contribution is 2.32. The van der Waals surface area contributed by atoms with Gasteiger partial charge in [-0.25, -0.2) is 9.18 Å². The molecule has 0 aromatic heterocycles. The van der Waals surface area contributed by atoms with E-state index in [0.717, 1.165) is 6.42 Å². The van der Waals surface area contributed by atoms with E-state index < -0.39 is 11.9 Å². The van der Waals surface area contributed by atoms with Crippen molar-refractivity contribution in [3.8, 4) is 5.75 Å². The second-order valence-corrected chi connectivity index (χ2v) is 4.61. The van der Waals surface area contributed by atoms with Crippen molar-refractivity contribution in [1.29, 1.82) is 0 Å². The van der Waals surface area contributed by atoms with Crippen molar-refractivity contribution in [2.45, 2.75) is 12.5 Å². The molecule has 2 rings (SSSR count). The first-order chi connectivity index (χ1) is 9.55. The van der Waals surface area contributed by atoms with Crippen molar-refractivity contribution in [2.75, 3.05) is 37.9 Å². The van der Waals surface area contributed by atoms with Gasteiger partial charge in [-0.15, -0.1) is 0 Å². The third kappa shape index (κ3) is 2.87. The molecule has 0 saturated carbocycles. The minimum atomic E-state index is -0.479. The van der Waals surface area contributed by atoms with Crippen LogP contribution in [0.2, 0.25) is 0 Å². The average molecular weight is 283 g/mol. The van der Waals surface area contributed by atoms with E-state index >= 15 is 0 Å². The number of alkyl carbamates (subject to hydrolysis) is 1. The molecule has 1 aromatic rings. The standard InChI is InChI=1S/C13H18FN3O3/c1-19-12-6-11(9(14)5-10(12)15)17-4-3-8(7-17)16-13(18)20-2/h5-6,8H,3-4,7,15H2,1-2H3,(H,16,18). The number of nitrogens with two attached hydrogens (primary N) is 1. The Morgan fingerprint density at radius 2 is 2.25 bits per heavy atom. The summed E-state index contributed by atoms with van der Waals surface area (Å²) >= 11 is 0. The van der Waals surface area contributed by atoms with Crippen LogP contribution in [0.25, 0.3) is 0 Å². The first-order valence-corrected chi connectivity index (χ1v) is 6.27. The Labute approximate surface area is 116 Å². The van der Waals surface area contributed by atoms with Gasteiger partial charge < -0.3 is 25.4 Å². The van der Waals surface area contributed by atoms with Crippen molar-refractivity contribution in [2.24, 2.45) is 0 Å². The normalized spacial score (nSPS) is 17.9. The predicted octanol–water partition coefficient (Wildman–Crippen LogP) is 1.35. The summed E-state index contributed by atoms with van der Waals surface area (Å²) < 4.78 is 23.6. The summed E-state index contributed by atoms with van der Waals surface area (Å²) in [5.74, 6) is 0.0350. The van der Waals surface area contributed by atoms with Crippen molar-refractivity contribution in [1.82, 2.24) is 5.32 Å². The fourth-order valence-electron chi connectivity index (χ4n) is 2.30. The number of hydrogen-bond acceptors (Lipinski definition) is 5. The number of carbonyl (C=O) groups is 1. The maximum absolute atomic E-state index is 14.0. The number of ether oxygens (including phenoxy) is 2. The molecule has 3 N–H and O–H groups in total. The summed E-state index contributed by atoms with van der Waals surface area (Å²) in [7, 11) is 2.80. The third-order valence-electron chi connectivity index (χ3n) is 3.34. The number of halogens is 1. The summed E-state index contributed by atoms with van der Waals surface area (Å²) in [4.78, 5) is 13.0. The lowest BCUT2D eigenvalue weighted by Gasteiger charge is -2.20. The maximum Gasteiger partial charge on any atom is 0.407 e. The Morgan fingerprint density at radius 3 is 2.90 bits per heavy atom. The van der Waals surface area contributed by atoms with E-state index in [1.807, 2.05) is 4.90 Å². The second-order valence-electron chi connectivity index (χ2n) is 4.61. The molecule has 6 nitrogen and oxygen atoms in total. The van der Waals surface area contributed by atoms with Crippen LogP contribution in [0.5, 0.6) is 5.75 Å². The molecule has 0 aliphatic carbocycles. The van der Waals surface area contributed by atoms with Gasteiger partial charge in [0.15, 0.2) is 0 Å². The molecule has 7 heteroatoms.